The lowest BCUT2D eigenvalue weighted by Gasteiger charge is -2.21. The van der Waals surface area contributed by atoms with Gasteiger partial charge >= 0.3 is 5.97 Å². The average Bonchev–Trinajstić information content (AvgIpc) is 2.84. The largest absolute Gasteiger partial charge is 0.497 e. The Hall–Kier alpha value is -3.38. The lowest BCUT2D eigenvalue weighted by molar-refractivity contribution is -0.131. The maximum Gasteiger partial charge on any atom is 0.308 e. The van der Waals surface area contributed by atoms with E-state index in [0.717, 1.165) is 42.6 Å². The third-order valence-electron chi connectivity index (χ3n) is 5.54. The van der Waals surface area contributed by atoms with Gasteiger partial charge < -0.3 is 19.5 Å². The molecule has 0 aliphatic heterocycles. The Balaban J connectivity index is 2.06. The van der Waals surface area contributed by atoms with Crippen LogP contribution in [0, 0.1) is 0 Å². The number of hydrogen-bond acceptors (Lipinski definition) is 5. The molecule has 0 saturated carbocycles. The number of amides is 1. The van der Waals surface area contributed by atoms with Crippen molar-refractivity contribution in [2.75, 3.05) is 13.7 Å². The zero-order valence-corrected chi connectivity index (χ0v) is 20.9. The second kappa shape index (κ2) is 15.5. The van der Waals surface area contributed by atoms with Crippen molar-refractivity contribution in [1.29, 1.82) is 0 Å². The van der Waals surface area contributed by atoms with Crippen molar-refractivity contribution < 1.29 is 23.8 Å². The summed E-state index contributed by atoms with van der Waals surface area (Å²) in [4.78, 5) is 25.0. The minimum absolute atomic E-state index is 0.0786. The van der Waals surface area contributed by atoms with E-state index in [4.69, 9.17) is 14.2 Å². The predicted molar refractivity (Wildman–Crippen MR) is 139 cm³/mol. The van der Waals surface area contributed by atoms with Crippen molar-refractivity contribution in [2.24, 2.45) is 0 Å². The first-order chi connectivity index (χ1) is 17.0. The molecule has 1 amide bonds. The summed E-state index contributed by atoms with van der Waals surface area (Å²) in [5.41, 5.74) is 2.19. The van der Waals surface area contributed by atoms with E-state index >= 15 is 0 Å². The van der Waals surface area contributed by atoms with Gasteiger partial charge in [0.15, 0.2) is 0 Å². The summed E-state index contributed by atoms with van der Waals surface area (Å²) in [6.45, 7) is 9.87. The Morgan fingerprint density at radius 3 is 2.46 bits per heavy atom. The number of esters is 1. The molecule has 0 aliphatic carbocycles. The van der Waals surface area contributed by atoms with Crippen LogP contribution in [0.15, 0.2) is 67.8 Å². The minimum atomic E-state index is -0.470. The number of carbonyl (C=O) groups excluding carboxylic acids is 2. The number of methoxy groups -OCH3 is 1. The summed E-state index contributed by atoms with van der Waals surface area (Å²) in [6, 6.07) is 12.9. The van der Waals surface area contributed by atoms with Gasteiger partial charge in [-0.2, -0.15) is 0 Å². The summed E-state index contributed by atoms with van der Waals surface area (Å²) in [5, 5.41) is 3.15. The average molecular weight is 480 g/mol. The monoisotopic (exact) mass is 479 g/mol. The molecule has 2 rings (SSSR count). The molecule has 35 heavy (non-hydrogen) atoms. The molecule has 0 spiro atoms. The van der Waals surface area contributed by atoms with Gasteiger partial charge in [-0.15, -0.1) is 13.2 Å². The fourth-order valence-electron chi connectivity index (χ4n) is 3.76. The van der Waals surface area contributed by atoms with Gasteiger partial charge in [0.05, 0.1) is 19.3 Å². The maximum atomic E-state index is 13.4. The number of allylic oxidation sites excluding steroid dienone is 2. The molecule has 0 bridgehead atoms. The first-order valence-electron chi connectivity index (χ1n) is 12.0. The lowest BCUT2D eigenvalue weighted by Crippen LogP contribution is -2.36. The van der Waals surface area contributed by atoms with Gasteiger partial charge in [-0.1, -0.05) is 42.8 Å². The van der Waals surface area contributed by atoms with Crippen LogP contribution in [-0.4, -0.2) is 31.6 Å². The van der Waals surface area contributed by atoms with E-state index in [0.29, 0.717) is 31.6 Å². The van der Waals surface area contributed by atoms with Gasteiger partial charge in [0, 0.05) is 19.6 Å². The van der Waals surface area contributed by atoms with Crippen molar-refractivity contribution in [1.82, 2.24) is 5.32 Å². The molecule has 0 aliphatic rings. The van der Waals surface area contributed by atoms with Crippen molar-refractivity contribution >= 4 is 11.9 Å². The molecule has 0 fully saturated rings. The summed E-state index contributed by atoms with van der Waals surface area (Å²) >= 11 is 0. The molecule has 1 atom stereocenters. The number of hydrogen-bond donors (Lipinski definition) is 1. The summed E-state index contributed by atoms with van der Waals surface area (Å²) in [5.74, 6) is 0.335. The Labute approximate surface area is 209 Å². The van der Waals surface area contributed by atoms with Gasteiger partial charge in [-0.3, -0.25) is 9.59 Å². The molecule has 0 saturated heterocycles. The van der Waals surface area contributed by atoms with Crippen molar-refractivity contribution in [2.45, 2.75) is 58.1 Å². The van der Waals surface area contributed by atoms with E-state index in [2.05, 4.69) is 18.5 Å². The highest BCUT2D eigenvalue weighted by Gasteiger charge is 2.21. The normalized spacial score (nSPS) is 11.4. The molecular formula is C29H37NO5. The smallest absolute Gasteiger partial charge is 0.308 e. The molecule has 0 aromatic heterocycles. The molecule has 0 radical (unpaired) electrons. The highest BCUT2D eigenvalue weighted by atomic mass is 16.5. The van der Waals surface area contributed by atoms with Gasteiger partial charge in [0.25, 0.3) is 5.91 Å². The predicted octanol–water partition coefficient (Wildman–Crippen LogP) is 5.80. The van der Waals surface area contributed by atoms with E-state index in [9.17, 15) is 9.59 Å². The Bertz CT molecular complexity index is 968. The number of ether oxygens (including phenoxy) is 3. The van der Waals surface area contributed by atoms with Crippen LogP contribution in [0.3, 0.4) is 0 Å². The number of carbonyl (C=O) groups is 2. The fourth-order valence-corrected chi connectivity index (χ4v) is 3.76. The highest BCUT2D eigenvalue weighted by Crippen LogP contribution is 2.24. The lowest BCUT2D eigenvalue weighted by atomic mass is 10.0. The molecule has 6 nitrogen and oxygen atoms in total. The molecule has 188 valence electrons. The fraction of sp³-hybridized carbons (Fsp3) is 0.379. The SMILES string of the molecule is C=CCCCC[C@H](CCOCc1ccc(OC)cc1)NC(=O)c1c(CC=C)cccc1OC(C)=O. The van der Waals surface area contributed by atoms with E-state index in [1.54, 1.807) is 25.3 Å². The first kappa shape index (κ1) is 27.9. The van der Waals surface area contributed by atoms with Crippen LogP contribution in [0.5, 0.6) is 11.5 Å². The van der Waals surface area contributed by atoms with Crippen LogP contribution in [-0.2, 0) is 22.6 Å². The van der Waals surface area contributed by atoms with Gasteiger partial charge in [0.2, 0.25) is 0 Å². The molecule has 6 heteroatoms. The zero-order chi connectivity index (χ0) is 25.5. The second-order valence-electron chi connectivity index (χ2n) is 8.31. The van der Waals surface area contributed by atoms with Gasteiger partial charge in [-0.05, 0) is 61.4 Å². The minimum Gasteiger partial charge on any atom is -0.497 e. The van der Waals surface area contributed by atoms with Crippen molar-refractivity contribution in [3.8, 4) is 11.5 Å². The van der Waals surface area contributed by atoms with E-state index < -0.39 is 5.97 Å². The third-order valence-corrected chi connectivity index (χ3v) is 5.54. The summed E-state index contributed by atoms with van der Waals surface area (Å²) in [6.07, 6.45) is 8.52. The first-order valence-corrected chi connectivity index (χ1v) is 12.0. The Kier molecular flexibility index (Phi) is 12.3. The number of unbranched alkanes of at least 4 members (excludes halogenated alkanes) is 2. The van der Waals surface area contributed by atoms with Crippen LogP contribution < -0.4 is 14.8 Å². The van der Waals surface area contributed by atoms with Crippen molar-refractivity contribution in [3.63, 3.8) is 0 Å². The number of nitrogens with one attached hydrogen (secondary N) is 1. The molecular weight excluding hydrogens is 442 g/mol. The molecule has 0 unspecified atom stereocenters. The zero-order valence-electron chi connectivity index (χ0n) is 20.9. The Morgan fingerprint density at radius 1 is 1.03 bits per heavy atom. The van der Waals surface area contributed by atoms with Crippen molar-refractivity contribution in [3.05, 3.63) is 84.5 Å². The quantitative estimate of drug-likeness (QED) is 0.143. The molecule has 2 aromatic carbocycles. The topological polar surface area (TPSA) is 73.9 Å². The van der Waals surface area contributed by atoms with Crippen LogP contribution in [0.4, 0.5) is 0 Å². The molecule has 2 aromatic rings. The highest BCUT2D eigenvalue weighted by molar-refractivity contribution is 5.99. The van der Waals surface area contributed by atoms with E-state index in [-0.39, 0.29) is 17.7 Å². The summed E-state index contributed by atoms with van der Waals surface area (Å²) in [7, 11) is 1.64. The molecule has 0 heterocycles. The van der Waals surface area contributed by atoms with Crippen LogP contribution in [0.25, 0.3) is 0 Å². The van der Waals surface area contributed by atoms with E-state index in [1.807, 2.05) is 36.4 Å². The number of rotatable bonds is 16. The third kappa shape index (κ3) is 9.79. The number of benzene rings is 2. The maximum absolute atomic E-state index is 13.4. The van der Waals surface area contributed by atoms with E-state index in [1.165, 1.54) is 6.92 Å². The second-order valence-corrected chi connectivity index (χ2v) is 8.31. The summed E-state index contributed by atoms with van der Waals surface area (Å²) < 4.78 is 16.4. The molecule has 1 N–H and O–H groups in total. The van der Waals surface area contributed by atoms with Crippen LogP contribution in [0.2, 0.25) is 0 Å². The van der Waals surface area contributed by atoms with Gasteiger partial charge in [-0.25, -0.2) is 0 Å². The van der Waals surface area contributed by atoms with Crippen LogP contribution >= 0.6 is 0 Å². The standard InChI is InChI=1S/C29H37NO5/c1-5-7-8-9-13-25(19-20-34-21-23-15-17-26(33-4)18-16-23)30-29(32)28-24(11-6-2)12-10-14-27(28)35-22(3)31/h5-6,10,12,14-18,25H,1-2,7-9,11,13,19-21H2,3-4H3,(H,30,32)/t25-/m1/s1. The van der Waals surface area contributed by atoms with Gasteiger partial charge in [0.1, 0.15) is 11.5 Å². The Morgan fingerprint density at radius 2 is 1.80 bits per heavy atom. The van der Waals surface area contributed by atoms with Crippen LogP contribution in [0.1, 0.15) is 60.5 Å².